The molecule has 1 atom stereocenters. The van der Waals surface area contributed by atoms with E-state index in [0.717, 1.165) is 5.56 Å². The highest BCUT2D eigenvalue weighted by Crippen LogP contribution is 2.31. The van der Waals surface area contributed by atoms with E-state index >= 15 is 0 Å². The van der Waals surface area contributed by atoms with Crippen molar-refractivity contribution in [3.8, 4) is 5.75 Å². The van der Waals surface area contributed by atoms with Crippen molar-refractivity contribution >= 4 is 40.8 Å². The Morgan fingerprint density at radius 3 is 2.72 bits per heavy atom. The number of hydrogen-bond donors (Lipinski definition) is 1. The zero-order chi connectivity index (χ0) is 21.0. The zero-order valence-electron chi connectivity index (χ0n) is 16.1. The molecule has 1 aliphatic rings. The standard InChI is InChI=1S/C21H21ClN2O5/c1-13-9-15(22)7-8-18(13)28-12-21(27)29-11-20(26)24-14(2)10-19(25)23-16-5-3-4-6-17(16)24/h3-9,14H,10-12H2,1-2H3,(H,23,25)/t14-/m0/s1. The van der Waals surface area contributed by atoms with Crippen molar-refractivity contribution in [1.82, 2.24) is 0 Å². The SMILES string of the molecule is Cc1cc(Cl)ccc1OCC(=O)OCC(=O)N1c2ccccc2NC(=O)C[C@@H]1C. The molecule has 0 saturated carbocycles. The number of fused-ring (bicyclic) bond motifs is 1. The van der Waals surface area contributed by atoms with Crippen molar-refractivity contribution in [1.29, 1.82) is 0 Å². The second-order valence-electron chi connectivity index (χ2n) is 6.74. The van der Waals surface area contributed by atoms with Gasteiger partial charge in [-0.15, -0.1) is 0 Å². The van der Waals surface area contributed by atoms with Gasteiger partial charge in [0.05, 0.1) is 11.4 Å². The number of esters is 1. The van der Waals surface area contributed by atoms with Gasteiger partial charge in [0, 0.05) is 17.5 Å². The molecule has 0 fully saturated rings. The lowest BCUT2D eigenvalue weighted by molar-refractivity contribution is -0.150. The summed E-state index contributed by atoms with van der Waals surface area (Å²) < 4.78 is 10.5. The largest absolute Gasteiger partial charge is 0.482 e. The molecule has 1 N–H and O–H groups in total. The highest BCUT2D eigenvalue weighted by atomic mass is 35.5. The van der Waals surface area contributed by atoms with Gasteiger partial charge in [0.1, 0.15) is 5.75 Å². The molecule has 2 amide bonds. The van der Waals surface area contributed by atoms with Gasteiger partial charge < -0.3 is 19.7 Å². The molecule has 0 radical (unpaired) electrons. The summed E-state index contributed by atoms with van der Waals surface area (Å²) in [6.45, 7) is 2.80. The van der Waals surface area contributed by atoms with E-state index in [2.05, 4.69) is 5.32 Å². The van der Waals surface area contributed by atoms with Crippen molar-refractivity contribution in [2.24, 2.45) is 0 Å². The highest BCUT2D eigenvalue weighted by molar-refractivity contribution is 6.30. The van der Waals surface area contributed by atoms with Gasteiger partial charge >= 0.3 is 5.97 Å². The first-order chi connectivity index (χ1) is 13.8. The summed E-state index contributed by atoms with van der Waals surface area (Å²) in [6.07, 6.45) is 0.146. The smallest absolute Gasteiger partial charge is 0.344 e. The number of carbonyl (C=O) groups is 3. The summed E-state index contributed by atoms with van der Waals surface area (Å²) in [4.78, 5) is 38.3. The highest BCUT2D eigenvalue weighted by Gasteiger charge is 2.30. The van der Waals surface area contributed by atoms with Crippen LogP contribution < -0.4 is 15.0 Å². The molecular weight excluding hydrogens is 396 g/mol. The average molecular weight is 417 g/mol. The van der Waals surface area contributed by atoms with Crippen molar-refractivity contribution in [3.05, 3.63) is 53.1 Å². The van der Waals surface area contributed by atoms with E-state index in [9.17, 15) is 14.4 Å². The van der Waals surface area contributed by atoms with Gasteiger partial charge in [-0.3, -0.25) is 9.59 Å². The summed E-state index contributed by atoms with van der Waals surface area (Å²) >= 11 is 5.89. The first kappa shape index (κ1) is 20.7. The van der Waals surface area contributed by atoms with Gasteiger partial charge in [0.25, 0.3) is 5.91 Å². The molecule has 1 heterocycles. The number of hydrogen-bond acceptors (Lipinski definition) is 5. The van der Waals surface area contributed by atoms with Crippen molar-refractivity contribution in [3.63, 3.8) is 0 Å². The second-order valence-corrected chi connectivity index (χ2v) is 7.18. The Balaban J connectivity index is 1.61. The van der Waals surface area contributed by atoms with E-state index < -0.39 is 18.5 Å². The number of nitrogens with one attached hydrogen (secondary N) is 1. The fraction of sp³-hybridized carbons (Fsp3) is 0.286. The zero-order valence-corrected chi connectivity index (χ0v) is 16.9. The van der Waals surface area contributed by atoms with Crippen LogP contribution in [0.3, 0.4) is 0 Å². The number of para-hydroxylation sites is 2. The molecule has 2 aromatic carbocycles. The number of benzene rings is 2. The number of rotatable bonds is 5. The van der Waals surface area contributed by atoms with Crippen LogP contribution in [0.25, 0.3) is 0 Å². The van der Waals surface area contributed by atoms with E-state index in [1.54, 1.807) is 49.4 Å². The van der Waals surface area contributed by atoms with Crippen LogP contribution in [0.1, 0.15) is 18.9 Å². The molecule has 29 heavy (non-hydrogen) atoms. The topological polar surface area (TPSA) is 84.9 Å². The third-order valence-electron chi connectivity index (χ3n) is 4.47. The third-order valence-corrected chi connectivity index (χ3v) is 4.70. The predicted octanol–water partition coefficient (Wildman–Crippen LogP) is 3.33. The van der Waals surface area contributed by atoms with Gasteiger partial charge in [-0.2, -0.15) is 0 Å². The molecule has 7 nitrogen and oxygen atoms in total. The van der Waals surface area contributed by atoms with Crippen molar-refractivity contribution in [2.45, 2.75) is 26.3 Å². The van der Waals surface area contributed by atoms with E-state index in [1.165, 1.54) is 4.90 Å². The van der Waals surface area contributed by atoms with Crippen LogP contribution in [0.2, 0.25) is 5.02 Å². The number of halogens is 1. The average Bonchev–Trinajstić information content (AvgIpc) is 2.79. The van der Waals surface area contributed by atoms with Gasteiger partial charge in [-0.1, -0.05) is 23.7 Å². The maximum atomic E-state index is 12.8. The summed E-state index contributed by atoms with van der Waals surface area (Å²) in [5.41, 5.74) is 1.90. The maximum absolute atomic E-state index is 12.8. The maximum Gasteiger partial charge on any atom is 0.344 e. The number of anilines is 2. The Morgan fingerprint density at radius 1 is 1.21 bits per heavy atom. The Labute approximate surface area is 173 Å². The summed E-state index contributed by atoms with van der Waals surface area (Å²) in [6, 6.07) is 11.7. The summed E-state index contributed by atoms with van der Waals surface area (Å²) in [7, 11) is 0. The third kappa shape index (κ3) is 5.06. The van der Waals surface area contributed by atoms with Crippen LogP contribution in [0.15, 0.2) is 42.5 Å². The second kappa shape index (κ2) is 8.96. The van der Waals surface area contributed by atoms with Crippen LogP contribution in [0.4, 0.5) is 11.4 Å². The van der Waals surface area contributed by atoms with Crippen LogP contribution in [-0.4, -0.2) is 37.0 Å². The van der Waals surface area contributed by atoms with Crippen LogP contribution in [0, 0.1) is 6.92 Å². The Bertz CT molecular complexity index is 946. The molecule has 0 bridgehead atoms. The predicted molar refractivity (Wildman–Crippen MR) is 109 cm³/mol. The van der Waals surface area contributed by atoms with Gasteiger partial charge in [-0.25, -0.2) is 4.79 Å². The quantitative estimate of drug-likeness (QED) is 0.755. The Kier molecular flexibility index (Phi) is 6.39. The molecule has 152 valence electrons. The number of amides is 2. The van der Waals surface area contributed by atoms with Gasteiger partial charge in [0.15, 0.2) is 13.2 Å². The molecule has 0 saturated heterocycles. The minimum atomic E-state index is -0.669. The summed E-state index contributed by atoms with van der Waals surface area (Å²) in [5, 5.41) is 3.35. The number of ether oxygens (including phenoxy) is 2. The van der Waals surface area contributed by atoms with E-state index in [-0.39, 0.29) is 25.0 Å². The molecular formula is C21H21ClN2O5. The van der Waals surface area contributed by atoms with Gasteiger partial charge in [0.2, 0.25) is 5.91 Å². The van der Waals surface area contributed by atoms with Crippen molar-refractivity contribution < 1.29 is 23.9 Å². The lowest BCUT2D eigenvalue weighted by Gasteiger charge is -2.27. The number of nitrogens with zero attached hydrogens (tertiary/aromatic N) is 1. The first-order valence-electron chi connectivity index (χ1n) is 9.10. The van der Waals surface area contributed by atoms with E-state index in [4.69, 9.17) is 21.1 Å². The molecule has 8 heteroatoms. The fourth-order valence-electron chi connectivity index (χ4n) is 3.13. The molecule has 1 aliphatic heterocycles. The molecule has 3 rings (SSSR count). The minimum absolute atomic E-state index is 0.146. The minimum Gasteiger partial charge on any atom is -0.482 e. The number of carbonyl (C=O) groups excluding carboxylic acids is 3. The van der Waals surface area contributed by atoms with E-state index in [1.807, 2.05) is 6.92 Å². The molecule has 0 aromatic heterocycles. The van der Waals surface area contributed by atoms with Crippen LogP contribution in [0.5, 0.6) is 5.75 Å². The van der Waals surface area contributed by atoms with Crippen LogP contribution >= 0.6 is 11.6 Å². The van der Waals surface area contributed by atoms with Crippen molar-refractivity contribution in [2.75, 3.05) is 23.4 Å². The fourth-order valence-corrected chi connectivity index (χ4v) is 3.36. The summed E-state index contributed by atoms with van der Waals surface area (Å²) in [5.74, 6) is -0.753. The Morgan fingerprint density at radius 2 is 1.97 bits per heavy atom. The molecule has 0 spiro atoms. The lowest BCUT2D eigenvalue weighted by atomic mass is 10.1. The van der Waals surface area contributed by atoms with Gasteiger partial charge in [-0.05, 0) is 49.7 Å². The molecule has 2 aromatic rings. The van der Waals surface area contributed by atoms with E-state index in [0.29, 0.717) is 22.1 Å². The lowest BCUT2D eigenvalue weighted by Crippen LogP contribution is -2.41. The Hall–Kier alpha value is -3.06. The molecule has 0 aliphatic carbocycles. The molecule has 0 unspecified atom stereocenters. The number of aryl methyl sites for hydroxylation is 1. The van der Waals surface area contributed by atoms with Crippen LogP contribution in [-0.2, 0) is 19.1 Å². The first-order valence-corrected chi connectivity index (χ1v) is 9.48. The normalized spacial score (nSPS) is 15.8. The monoisotopic (exact) mass is 416 g/mol.